The van der Waals surface area contributed by atoms with Crippen LogP contribution in [0.2, 0.25) is 0 Å². The largest absolute Gasteiger partial charge is 0.369 e. The third-order valence-corrected chi connectivity index (χ3v) is 7.72. The predicted octanol–water partition coefficient (Wildman–Crippen LogP) is 3.14. The van der Waals surface area contributed by atoms with Crippen molar-refractivity contribution in [2.24, 2.45) is 0 Å². The van der Waals surface area contributed by atoms with E-state index in [2.05, 4.69) is 14.5 Å². The summed E-state index contributed by atoms with van der Waals surface area (Å²) in [4.78, 5) is 5.95. The third-order valence-electron chi connectivity index (χ3n) is 4.84. The summed E-state index contributed by atoms with van der Waals surface area (Å²) in [6, 6.07) is 12.0. The van der Waals surface area contributed by atoms with Gasteiger partial charge < -0.3 is 4.90 Å². The van der Waals surface area contributed by atoms with Crippen molar-refractivity contribution in [3.05, 3.63) is 41.3 Å². The second kappa shape index (κ2) is 6.63. The van der Waals surface area contributed by atoms with Gasteiger partial charge in [0.05, 0.1) is 0 Å². The standard InChI is InChI=1S/C18H23N3O2S2/c1-14-2-9-18(24-14)25(22,23)19-15-3-5-16(6-4-15)20-10-12-21(13-11-20)17-7-8-17/h2-6,9,17,19H,7-8,10-13H2,1H3. The molecule has 1 aliphatic heterocycles. The highest BCUT2D eigenvalue weighted by molar-refractivity contribution is 7.94. The maximum Gasteiger partial charge on any atom is 0.271 e. The van der Waals surface area contributed by atoms with Gasteiger partial charge in [0.25, 0.3) is 10.0 Å². The monoisotopic (exact) mass is 377 g/mol. The van der Waals surface area contributed by atoms with Crippen molar-refractivity contribution < 1.29 is 8.42 Å². The van der Waals surface area contributed by atoms with Crippen molar-refractivity contribution in [2.75, 3.05) is 35.8 Å². The molecule has 134 valence electrons. The van der Waals surface area contributed by atoms with Crippen molar-refractivity contribution in [2.45, 2.75) is 30.0 Å². The average molecular weight is 378 g/mol. The molecule has 0 amide bonds. The number of nitrogens with zero attached hydrogens (tertiary/aromatic N) is 2. The highest BCUT2D eigenvalue weighted by atomic mass is 32.2. The molecule has 2 aromatic rings. The Hall–Kier alpha value is -1.57. The van der Waals surface area contributed by atoms with E-state index >= 15 is 0 Å². The number of thiophene rings is 1. The molecule has 0 bridgehead atoms. The quantitative estimate of drug-likeness (QED) is 0.870. The second-order valence-electron chi connectivity index (χ2n) is 6.77. The number of piperazine rings is 1. The molecule has 1 saturated carbocycles. The van der Waals surface area contributed by atoms with E-state index in [1.54, 1.807) is 6.07 Å². The molecule has 1 aromatic heterocycles. The second-order valence-corrected chi connectivity index (χ2v) is 9.97. The number of sulfonamides is 1. The first kappa shape index (κ1) is 16.9. The number of aryl methyl sites for hydroxylation is 1. The lowest BCUT2D eigenvalue weighted by molar-refractivity contribution is 0.248. The van der Waals surface area contributed by atoms with Crippen LogP contribution in [0.4, 0.5) is 11.4 Å². The zero-order valence-corrected chi connectivity index (χ0v) is 15.9. The maximum atomic E-state index is 12.4. The van der Waals surface area contributed by atoms with Gasteiger partial charge in [-0.1, -0.05) is 0 Å². The molecule has 0 unspecified atom stereocenters. The van der Waals surface area contributed by atoms with Crippen molar-refractivity contribution in [3.8, 4) is 0 Å². The van der Waals surface area contributed by atoms with Gasteiger partial charge in [0.2, 0.25) is 0 Å². The van der Waals surface area contributed by atoms with Crippen LogP contribution in [0.1, 0.15) is 17.7 Å². The molecule has 0 atom stereocenters. The number of hydrogen-bond acceptors (Lipinski definition) is 5. The van der Waals surface area contributed by atoms with Crippen LogP contribution in [-0.4, -0.2) is 45.5 Å². The summed E-state index contributed by atoms with van der Waals surface area (Å²) in [5.41, 5.74) is 1.76. The maximum absolute atomic E-state index is 12.4. The molecule has 1 N–H and O–H groups in total. The first-order valence-electron chi connectivity index (χ1n) is 8.70. The molecular weight excluding hydrogens is 354 g/mol. The van der Waals surface area contributed by atoms with E-state index < -0.39 is 10.0 Å². The Morgan fingerprint density at radius 1 is 1.00 bits per heavy atom. The number of nitrogens with one attached hydrogen (secondary N) is 1. The molecule has 1 aromatic carbocycles. The molecule has 5 nitrogen and oxygen atoms in total. The number of hydrogen-bond donors (Lipinski definition) is 1. The lowest BCUT2D eigenvalue weighted by Crippen LogP contribution is -2.47. The Balaban J connectivity index is 1.40. The van der Waals surface area contributed by atoms with Crippen LogP contribution in [-0.2, 0) is 10.0 Å². The van der Waals surface area contributed by atoms with Crippen LogP contribution in [0.5, 0.6) is 0 Å². The summed E-state index contributed by atoms with van der Waals surface area (Å²) in [6.07, 6.45) is 2.72. The van der Waals surface area contributed by atoms with E-state index in [0.29, 0.717) is 9.90 Å². The van der Waals surface area contributed by atoms with E-state index in [4.69, 9.17) is 0 Å². The fourth-order valence-corrected chi connectivity index (χ4v) is 5.63. The SMILES string of the molecule is Cc1ccc(S(=O)(=O)Nc2ccc(N3CCN(C4CC4)CC3)cc2)s1. The molecule has 4 rings (SSSR count). The molecule has 7 heteroatoms. The smallest absolute Gasteiger partial charge is 0.271 e. The molecule has 0 radical (unpaired) electrons. The molecule has 2 aliphatic rings. The van der Waals surface area contributed by atoms with Crippen molar-refractivity contribution in [1.82, 2.24) is 4.90 Å². The first-order chi connectivity index (χ1) is 12.0. The van der Waals surface area contributed by atoms with Gasteiger partial charge in [-0.15, -0.1) is 11.3 Å². The minimum atomic E-state index is -3.49. The Kier molecular flexibility index (Phi) is 4.47. The number of rotatable bonds is 5. The topological polar surface area (TPSA) is 52.7 Å². The lowest BCUT2D eigenvalue weighted by Gasteiger charge is -2.36. The predicted molar refractivity (Wildman–Crippen MR) is 103 cm³/mol. The zero-order valence-electron chi connectivity index (χ0n) is 14.3. The van der Waals surface area contributed by atoms with Crippen LogP contribution in [0.25, 0.3) is 0 Å². The zero-order chi connectivity index (χ0) is 17.4. The van der Waals surface area contributed by atoms with Gasteiger partial charge in [0, 0.05) is 48.5 Å². The number of anilines is 2. The fraction of sp³-hybridized carbons (Fsp3) is 0.444. The molecular formula is C18H23N3O2S2. The summed E-state index contributed by atoms with van der Waals surface area (Å²) in [5, 5.41) is 0. The Morgan fingerprint density at radius 3 is 2.24 bits per heavy atom. The van der Waals surface area contributed by atoms with E-state index in [1.165, 1.54) is 24.2 Å². The van der Waals surface area contributed by atoms with Crippen molar-refractivity contribution in [3.63, 3.8) is 0 Å². The molecule has 1 saturated heterocycles. The van der Waals surface area contributed by atoms with E-state index in [-0.39, 0.29) is 0 Å². The van der Waals surface area contributed by atoms with Gasteiger partial charge in [0.15, 0.2) is 0 Å². The van der Waals surface area contributed by atoms with Gasteiger partial charge in [-0.25, -0.2) is 8.42 Å². The Morgan fingerprint density at radius 2 is 1.68 bits per heavy atom. The molecule has 2 heterocycles. The molecule has 25 heavy (non-hydrogen) atoms. The summed E-state index contributed by atoms with van der Waals surface area (Å²) >= 11 is 1.28. The van der Waals surface area contributed by atoms with E-state index in [9.17, 15) is 8.42 Å². The molecule has 1 aliphatic carbocycles. The fourth-order valence-electron chi connectivity index (χ4n) is 3.29. The Bertz CT molecular complexity index is 833. The van der Waals surface area contributed by atoms with Crippen LogP contribution in [0.3, 0.4) is 0 Å². The lowest BCUT2D eigenvalue weighted by atomic mass is 10.2. The van der Waals surface area contributed by atoms with E-state index in [1.807, 2.05) is 37.3 Å². The van der Waals surface area contributed by atoms with Crippen LogP contribution < -0.4 is 9.62 Å². The van der Waals surface area contributed by atoms with Gasteiger partial charge in [0.1, 0.15) is 4.21 Å². The first-order valence-corrected chi connectivity index (χ1v) is 11.0. The van der Waals surface area contributed by atoms with Crippen LogP contribution in [0.15, 0.2) is 40.6 Å². The summed E-state index contributed by atoms with van der Waals surface area (Å²) in [5.74, 6) is 0. The van der Waals surface area contributed by atoms with Crippen LogP contribution >= 0.6 is 11.3 Å². The van der Waals surface area contributed by atoms with Gasteiger partial charge in [-0.05, 0) is 56.2 Å². The minimum Gasteiger partial charge on any atom is -0.369 e. The molecule has 2 fully saturated rings. The highest BCUT2D eigenvalue weighted by Crippen LogP contribution is 2.29. The normalized spacial score (nSPS) is 19.2. The average Bonchev–Trinajstić information content (AvgIpc) is 3.36. The molecule has 0 spiro atoms. The summed E-state index contributed by atoms with van der Waals surface area (Å²) in [7, 11) is -3.49. The van der Waals surface area contributed by atoms with Crippen LogP contribution in [0, 0.1) is 6.92 Å². The van der Waals surface area contributed by atoms with Crippen molar-refractivity contribution >= 4 is 32.7 Å². The van der Waals surface area contributed by atoms with Gasteiger partial charge in [-0.3, -0.25) is 9.62 Å². The van der Waals surface area contributed by atoms with Crippen molar-refractivity contribution in [1.29, 1.82) is 0 Å². The minimum absolute atomic E-state index is 0.352. The van der Waals surface area contributed by atoms with Gasteiger partial charge >= 0.3 is 0 Å². The number of benzene rings is 1. The third kappa shape index (κ3) is 3.83. The Labute approximate surface area is 153 Å². The van der Waals surface area contributed by atoms with Gasteiger partial charge in [-0.2, -0.15) is 0 Å². The highest BCUT2D eigenvalue weighted by Gasteiger charge is 2.31. The summed E-state index contributed by atoms with van der Waals surface area (Å²) < 4.78 is 27.8. The summed E-state index contributed by atoms with van der Waals surface area (Å²) in [6.45, 7) is 6.22. The van der Waals surface area contributed by atoms with E-state index in [0.717, 1.165) is 42.8 Å².